The Hall–Kier alpha value is -2.90. The third-order valence-corrected chi connectivity index (χ3v) is 7.87. The maximum atomic E-state index is 12.4. The summed E-state index contributed by atoms with van der Waals surface area (Å²) < 4.78 is 7.46. The van der Waals surface area contributed by atoms with E-state index in [4.69, 9.17) is 10.5 Å². The van der Waals surface area contributed by atoms with Crippen molar-refractivity contribution in [2.75, 3.05) is 44.3 Å². The quantitative estimate of drug-likeness (QED) is 0.619. The first kappa shape index (κ1) is 23.8. The molecule has 4 heterocycles. The molecule has 1 saturated carbocycles. The van der Waals surface area contributed by atoms with E-state index in [-0.39, 0.29) is 17.4 Å². The van der Waals surface area contributed by atoms with Crippen molar-refractivity contribution in [3.63, 3.8) is 0 Å². The molecule has 5 rings (SSSR count). The number of nitrogens with two attached hydrogens (primary N) is 1. The SMILES string of the molecule is C=C/C=C(\C=C/C(C)C1(N)CCOCC1)c1cc2c(N3CCN(C(=O)C4CC4)CC3)ccnn2c1. The topological polar surface area (TPSA) is 76.1 Å². The summed E-state index contributed by atoms with van der Waals surface area (Å²) in [5.74, 6) is 0.864. The van der Waals surface area contributed by atoms with Gasteiger partial charge in [0.25, 0.3) is 0 Å². The number of carbonyl (C=O) groups is 1. The average molecular weight is 476 g/mol. The molecule has 0 aromatic carbocycles. The van der Waals surface area contributed by atoms with Gasteiger partial charge in [0, 0.05) is 68.8 Å². The molecule has 2 aromatic heterocycles. The molecule has 3 aliphatic rings. The predicted octanol–water partition coefficient (Wildman–Crippen LogP) is 3.66. The minimum atomic E-state index is -0.225. The van der Waals surface area contributed by atoms with E-state index >= 15 is 0 Å². The molecule has 2 aliphatic heterocycles. The molecule has 0 spiro atoms. The number of ether oxygens (including phenoxy) is 1. The van der Waals surface area contributed by atoms with Crippen LogP contribution in [-0.2, 0) is 9.53 Å². The average Bonchev–Trinajstić information content (AvgIpc) is 3.64. The summed E-state index contributed by atoms with van der Waals surface area (Å²) in [5, 5.41) is 4.57. The zero-order valence-electron chi connectivity index (χ0n) is 20.7. The lowest BCUT2D eigenvalue weighted by Crippen LogP contribution is -2.49. The number of fused-ring (bicyclic) bond motifs is 1. The van der Waals surface area contributed by atoms with Crippen LogP contribution in [0.4, 0.5) is 5.69 Å². The number of piperazine rings is 1. The second-order valence-electron chi connectivity index (χ2n) is 10.2. The molecule has 7 nitrogen and oxygen atoms in total. The zero-order valence-corrected chi connectivity index (χ0v) is 20.7. The Morgan fingerprint density at radius 2 is 2.00 bits per heavy atom. The first-order valence-electron chi connectivity index (χ1n) is 12.9. The monoisotopic (exact) mass is 475 g/mol. The molecule has 7 heteroatoms. The number of hydrogen-bond donors (Lipinski definition) is 1. The van der Waals surface area contributed by atoms with Gasteiger partial charge >= 0.3 is 0 Å². The van der Waals surface area contributed by atoms with Gasteiger partial charge in [-0.3, -0.25) is 4.79 Å². The Bertz CT molecular complexity index is 1130. The predicted molar refractivity (Wildman–Crippen MR) is 140 cm³/mol. The molecular weight excluding hydrogens is 438 g/mol. The Kier molecular flexibility index (Phi) is 6.80. The van der Waals surface area contributed by atoms with Gasteiger partial charge in [0.05, 0.1) is 11.2 Å². The van der Waals surface area contributed by atoms with Crippen LogP contribution in [0.15, 0.2) is 55.4 Å². The molecule has 1 atom stereocenters. The van der Waals surface area contributed by atoms with Gasteiger partial charge in [0.1, 0.15) is 0 Å². The highest BCUT2D eigenvalue weighted by atomic mass is 16.5. The van der Waals surface area contributed by atoms with Crippen molar-refractivity contribution in [3.8, 4) is 0 Å². The van der Waals surface area contributed by atoms with Crippen molar-refractivity contribution in [1.82, 2.24) is 14.5 Å². The van der Waals surface area contributed by atoms with Crippen LogP contribution in [-0.4, -0.2) is 65.4 Å². The maximum Gasteiger partial charge on any atom is 0.225 e. The number of allylic oxidation sites excluding steroid dienone is 4. The van der Waals surface area contributed by atoms with Crippen LogP contribution in [0.5, 0.6) is 0 Å². The van der Waals surface area contributed by atoms with E-state index in [9.17, 15) is 4.79 Å². The highest BCUT2D eigenvalue weighted by Crippen LogP contribution is 2.33. The van der Waals surface area contributed by atoms with Crippen LogP contribution >= 0.6 is 0 Å². The molecule has 2 N–H and O–H groups in total. The highest BCUT2D eigenvalue weighted by Gasteiger charge is 2.35. The van der Waals surface area contributed by atoms with Gasteiger partial charge in [-0.2, -0.15) is 5.10 Å². The molecular formula is C28H37N5O2. The number of amides is 1. The highest BCUT2D eigenvalue weighted by molar-refractivity contribution is 5.83. The molecule has 35 heavy (non-hydrogen) atoms. The van der Waals surface area contributed by atoms with Crippen LogP contribution in [0, 0.1) is 11.8 Å². The number of nitrogens with zero attached hydrogens (tertiary/aromatic N) is 4. The summed E-state index contributed by atoms with van der Waals surface area (Å²) in [4.78, 5) is 16.9. The van der Waals surface area contributed by atoms with Crippen LogP contribution in [0.1, 0.15) is 38.2 Å². The smallest absolute Gasteiger partial charge is 0.225 e. The van der Waals surface area contributed by atoms with Gasteiger partial charge < -0.3 is 20.3 Å². The molecule has 1 aliphatic carbocycles. The summed E-state index contributed by atoms with van der Waals surface area (Å²) in [6.45, 7) is 10.8. The summed E-state index contributed by atoms with van der Waals surface area (Å²) in [6, 6.07) is 4.27. The summed E-state index contributed by atoms with van der Waals surface area (Å²) in [5.41, 5.74) is 10.9. The van der Waals surface area contributed by atoms with Crippen molar-refractivity contribution in [1.29, 1.82) is 0 Å². The normalized spacial score (nSPS) is 22.1. The molecule has 1 unspecified atom stereocenters. The molecule has 0 bridgehead atoms. The lowest BCUT2D eigenvalue weighted by molar-refractivity contribution is -0.132. The van der Waals surface area contributed by atoms with Crippen molar-refractivity contribution in [2.24, 2.45) is 17.6 Å². The minimum absolute atomic E-state index is 0.225. The summed E-state index contributed by atoms with van der Waals surface area (Å²) >= 11 is 0. The Labute approximate surface area is 207 Å². The first-order valence-corrected chi connectivity index (χ1v) is 12.9. The second-order valence-corrected chi connectivity index (χ2v) is 10.2. The van der Waals surface area contributed by atoms with E-state index < -0.39 is 0 Å². The van der Waals surface area contributed by atoms with Gasteiger partial charge in [-0.05, 0) is 49.3 Å². The lowest BCUT2D eigenvalue weighted by atomic mass is 9.79. The molecule has 1 amide bonds. The molecule has 0 radical (unpaired) electrons. The third-order valence-electron chi connectivity index (χ3n) is 7.87. The molecule has 3 fully saturated rings. The number of aromatic nitrogens is 2. The van der Waals surface area contributed by atoms with Crippen molar-refractivity contribution in [2.45, 2.75) is 38.1 Å². The van der Waals surface area contributed by atoms with E-state index in [1.54, 1.807) is 0 Å². The fourth-order valence-electron chi connectivity index (χ4n) is 5.20. The lowest BCUT2D eigenvalue weighted by Gasteiger charge is -2.37. The molecule has 2 aromatic rings. The third kappa shape index (κ3) is 5.07. The summed E-state index contributed by atoms with van der Waals surface area (Å²) in [6.07, 6.45) is 16.0. The van der Waals surface area contributed by atoms with Crippen LogP contribution in [0.3, 0.4) is 0 Å². The zero-order chi connectivity index (χ0) is 24.4. The molecule has 2 saturated heterocycles. The van der Waals surface area contributed by atoms with E-state index in [0.29, 0.717) is 5.91 Å². The van der Waals surface area contributed by atoms with Crippen LogP contribution in [0.2, 0.25) is 0 Å². The second kappa shape index (κ2) is 9.99. The number of carbonyl (C=O) groups excluding carboxylic acids is 1. The Morgan fingerprint density at radius 3 is 2.69 bits per heavy atom. The number of hydrogen-bond acceptors (Lipinski definition) is 5. The van der Waals surface area contributed by atoms with E-state index in [0.717, 1.165) is 87.4 Å². The number of rotatable bonds is 7. The molecule has 186 valence electrons. The minimum Gasteiger partial charge on any atom is -0.381 e. The van der Waals surface area contributed by atoms with E-state index in [1.165, 1.54) is 0 Å². The van der Waals surface area contributed by atoms with Crippen LogP contribution in [0.25, 0.3) is 11.1 Å². The van der Waals surface area contributed by atoms with Gasteiger partial charge in [0.15, 0.2) is 0 Å². The number of anilines is 1. The van der Waals surface area contributed by atoms with E-state index in [2.05, 4.69) is 54.0 Å². The largest absolute Gasteiger partial charge is 0.381 e. The van der Waals surface area contributed by atoms with Crippen molar-refractivity contribution < 1.29 is 9.53 Å². The van der Waals surface area contributed by atoms with Gasteiger partial charge in [0.2, 0.25) is 5.91 Å². The Morgan fingerprint density at radius 1 is 1.26 bits per heavy atom. The first-order chi connectivity index (χ1) is 17.0. The summed E-state index contributed by atoms with van der Waals surface area (Å²) in [7, 11) is 0. The van der Waals surface area contributed by atoms with Crippen LogP contribution < -0.4 is 10.6 Å². The van der Waals surface area contributed by atoms with Crippen molar-refractivity contribution in [3.05, 3.63) is 61.0 Å². The van der Waals surface area contributed by atoms with E-state index in [1.807, 2.05) is 27.8 Å². The van der Waals surface area contributed by atoms with Gasteiger partial charge in [-0.15, -0.1) is 0 Å². The van der Waals surface area contributed by atoms with Crippen molar-refractivity contribution >= 4 is 22.7 Å². The van der Waals surface area contributed by atoms with Gasteiger partial charge in [-0.1, -0.05) is 37.8 Å². The standard InChI is InChI=1S/C28H37N5O2/c1-3-4-22(6-5-21(2)28(29)10-17-35-18-11-28)24-19-26-25(9-12-30-33(26)20-24)31-13-15-32(16-14-31)27(34)23-7-8-23/h3-6,9,12,19-21,23H,1,7-8,10-11,13-18,29H2,2H3/b6-5-,22-4+. The maximum absolute atomic E-state index is 12.4. The van der Waals surface area contributed by atoms with Gasteiger partial charge in [-0.25, -0.2) is 4.52 Å². The Balaban J connectivity index is 1.34. The fraction of sp³-hybridized carbons (Fsp3) is 0.500. The fourth-order valence-corrected chi connectivity index (χ4v) is 5.20.